The van der Waals surface area contributed by atoms with Gasteiger partial charge in [0, 0.05) is 12.6 Å². The summed E-state index contributed by atoms with van der Waals surface area (Å²) in [7, 11) is 0. The third-order valence-electron chi connectivity index (χ3n) is 4.19. The van der Waals surface area contributed by atoms with Gasteiger partial charge in [-0.2, -0.15) is 0 Å². The molecule has 1 saturated heterocycles. The molecule has 0 aliphatic carbocycles. The summed E-state index contributed by atoms with van der Waals surface area (Å²) >= 11 is 0. The van der Waals surface area contributed by atoms with Crippen molar-refractivity contribution >= 4 is 0 Å². The fourth-order valence-electron chi connectivity index (χ4n) is 2.83. The third kappa shape index (κ3) is 4.29. The maximum absolute atomic E-state index is 13.0. The van der Waals surface area contributed by atoms with E-state index in [1.54, 1.807) is 12.1 Å². The average molecular weight is 279 g/mol. The molecule has 1 N–H and O–H groups in total. The van der Waals surface area contributed by atoms with Crippen LogP contribution in [0.15, 0.2) is 18.2 Å². The van der Waals surface area contributed by atoms with Crippen molar-refractivity contribution in [3.8, 4) is 0 Å². The molecule has 0 saturated carbocycles. The van der Waals surface area contributed by atoms with Crippen molar-refractivity contribution in [2.24, 2.45) is 5.92 Å². The summed E-state index contributed by atoms with van der Waals surface area (Å²) < 4.78 is 18.8. The van der Waals surface area contributed by atoms with Gasteiger partial charge in [-0.05, 0) is 61.9 Å². The molecule has 1 aliphatic heterocycles. The summed E-state index contributed by atoms with van der Waals surface area (Å²) in [5.41, 5.74) is 2.27. The molecule has 2 rings (SSSR count). The zero-order chi connectivity index (χ0) is 14.5. The van der Waals surface area contributed by atoms with Gasteiger partial charge in [-0.3, -0.25) is 0 Å². The summed E-state index contributed by atoms with van der Waals surface area (Å²) in [6, 6.07) is 5.61. The van der Waals surface area contributed by atoms with E-state index in [1.807, 2.05) is 13.0 Å². The Morgan fingerprint density at radius 3 is 2.90 bits per heavy atom. The zero-order valence-corrected chi connectivity index (χ0v) is 12.8. The lowest BCUT2D eigenvalue weighted by molar-refractivity contribution is -0.0241. The molecule has 1 fully saturated rings. The first kappa shape index (κ1) is 15.5. The van der Waals surface area contributed by atoms with Gasteiger partial charge in [0.15, 0.2) is 0 Å². The first-order chi connectivity index (χ1) is 9.56. The first-order valence-corrected chi connectivity index (χ1v) is 7.66. The molecule has 0 aromatic heterocycles. The standard InChI is InChI=1S/C17H26FNO/c1-12(2)17-11-16(7-9-20-17)19-8-6-14-4-5-15(18)10-13(14)3/h4-5,10,12,16-17,19H,6-9,11H2,1-3H3. The van der Waals surface area contributed by atoms with Gasteiger partial charge in [0.2, 0.25) is 0 Å². The predicted molar refractivity (Wildman–Crippen MR) is 80.4 cm³/mol. The van der Waals surface area contributed by atoms with E-state index in [0.29, 0.717) is 18.1 Å². The van der Waals surface area contributed by atoms with Crippen LogP contribution in [-0.2, 0) is 11.2 Å². The average Bonchev–Trinajstić information content (AvgIpc) is 2.41. The van der Waals surface area contributed by atoms with Crippen LogP contribution >= 0.6 is 0 Å². The largest absolute Gasteiger partial charge is 0.378 e. The second kappa shape index (κ2) is 7.19. The maximum Gasteiger partial charge on any atom is 0.123 e. The molecule has 2 unspecified atom stereocenters. The van der Waals surface area contributed by atoms with Crippen LogP contribution in [0.2, 0.25) is 0 Å². The SMILES string of the molecule is Cc1cc(F)ccc1CCNC1CCOC(C(C)C)C1. The molecule has 20 heavy (non-hydrogen) atoms. The lowest BCUT2D eigenvalue weighted by Gasteiger charge is -2.32. The minimum absolute atomic E-state index is 0.150. The number of hydrogen-bond donors (Lipinski definition) is 1. The van der Waals surface area contributed by atoms with Crippen molar-refractivity contribution < 1.29 is 9.13 Å². The summed E-state index contributed by atoms with van der Waals surface area (Å²) in [6.45, 7) is 8.21. The fraction of sp³-hybridized carbons (Fsp3) is 0.647. The number of aryl methyl sites for hydroxylation is 1. The van der Waals surface area contributed by atoms with Gasteiger partial charge in [0.1, 0.15) is 5.82 Å². The Balaban J connectivity index is 1.78. The molecule has 3 heteroatoms. The quantitative estimate of drug-likeness (QED) is 0.891. The summed E-state index contributed by atoms with van der Waals surface area (Å²) in [4.78, 5) is 0. The van der Waals surface area contributed by atoms with Crippen LogP contribution in [-0.4, -0.2) is 25.3 Å². The molecule has 0 bridgehead atoms. The molecule has 0 radical (unpaired) electrons. The van der Waals surface area contributed by atoms with Crippen LogP contribution in [0, 0.1) is 18.7 Å². The van der Waals surface area contributed by atoms with Crippen molar-refractivity contribution in [1.29, 1.82) is 0 Å². The van der Waals surface area contributed by atoms with E-state index in [4.69, 9.17) is 4.74 Å². The van der Waals surface area contributed by atoms with E-state index in [0.717, 1.165) is 38.0 Å². The maximum atomic E-state index is 13.0. The van der Waals surface area contributed by atoms with Gasteiger partial charge in [-0.25, -0.2) is 4.39 Å². The van der Waals surface area contributed by atoms with Gasteiger partial charge in [-0.15, -0.1) is 0 Å². The molecule has 1 aromatic carbocycles. The molecular weight excluding hydrogens is 253 g/mol. The highest BCUT2D eigenvalue weighted by Gasteiger charge is 2.24. The van der Waals surface area contributed by atoms with Crippen molar-refractivity contribution in [1.82, 2.24) is 5.32 Å². The number of ether oxygens (including phenoxy) is 1. The monoisotopic (exact) mass is 279 g/mol. The summed E-state index contributed by atoms with van der Waals surface area (Å²) in [6.07, 6.45) is 3.52. The van der Waals surface area contributed by atoms with Crippen molar-refractivity contribution in [2.45, 2.75) is 52.2 Å². The molecule has 112 valence electrons. The van der Waals surface area contributed by atoms with E-state index in [1.165, 1.54) is 5.56 Å². The van der Waals surface area contributed by atoms with Gasteiger partial charge < -0.3 is 10.1 Å². The van der Waals surface area contributed by atoms with Crippen LogP contribution in [0.25, 0.3) is 0 Å². The summed E-state index contributed by atoms with van der Waals surface area (Å²) in [5, 5.41) is 3.62. The second-order valence-electron chi connectivity index (χ2n) is 6.15. The van der Waals surface area contributed by atoms with Crippen LogP contribution in [0.1, 0.15) is 37.8 Å². The van der Waals surface area contributed by atoms with Gasteiger partial charge in [0.05, 0.1) is 6.10 Å². The molecule has 1 aliphatic rings. The summed E-state index contributed by atoms with van der Waals surface area (Å²) in [5.74, 6) is 0.433. The molecular formula is C17H26FNO. The Labute approximate surface area is 121 Å². The Kier molecular flexibility index (Phi) is 5.55. The number of nitrogens with one attached hydrogen (secondary N) is 1. The van der Waals surface area contributed by atoms with E-state index >= 15 is 0 Å². The van der Waals surface area contributed by atoms with Crippen LogP contribution in [0.5, 0.6) is 0 Å². The van der Waals surface area contributed by atoms with Gasteiger partial charge >= 0.3 is 0 Å². The molecule has 2 atom stereocenters. The molecule has 2 nitrogen and oxygen atoms in total. The van der Waals surface area contributed by atoms with Crippen molar-refractivity contribution in [3.05, 3.63) is 35.1 Å². The van der Waals surface area contributed by atoms with E-state index < -0.39 is 0 Å². The highest BCUT2D eigenvalue weighted by Crippen LogP contribution is 2.20. The number of benzene rings is 1. The van der Waals surface area contributed by atoms with E-state index in [2.05, 4.69) is 19.2 Å². The van der Waals surface area contributed by atoms with Gasteiger partial charge in [-0.1, -0.05) is 19.9 Å². The third-order valence-corrected chi connectivity index (χ3v) is 4.19. The number of rotatable bonds is 5. The Hall–Kier alpha value is -0.930. The molecule has 0 amide bonds. The van der Waals surface area contributed by atoms with E-state index in [-0.39, 0.29) is 5.82 Å². The molecule has 1 heterocycles. The topological polar surface area (TPSA) is 21.3 Å². The molecule has 1 aromatic rings. The van der Waals surface area contributed by atoms with Crippen LogP contribution in [0.3, 0.4) is 0 Å². The van der Waals surface area contributed by atoms with E-state index in [9.17, 15) is 4.39 Å². The van der Waals surface area contributed by atoms with Crippen LogP contribution < -0.4 is 5.32 Å². The van der Waals surface area contributed by atoms with Crippen molar-refractivity contribution in [2.75, 3.05) is 13.2 Å². The fourth-order valence-corrected chi connectivity index (χ4v) is 2.83. The smallest absolute Gasteiger partial charge is 0.123 e. The normalized spacial score (nSPS) is 23.2. The zero-order valence-electron chi connectivity index (χ0n) is 12.8. The first-order valence-electron chi connectivity index (χ1n) is 7.66. The minimum Gasteiger partial charge on any atom is -0.378 e. The minimum atomic E-state index is -0.150. The predicted octanol–water partition coefficient (Wildman–Crippen LogP) is 3.47. The lowest BCUT2D eigenvalue weighted by atomic mass is 9.95. The Bertz CT molecular complexity index is 433. The number of halogens is 1. The second-order valence-corrected chi connectivity index (χ2v) is 6.15. The highest BCUT2D eigenvalue weighted by atomic mass is 19.1. The van der Waals surface area contributed by atoms with Crippen molar-refractivity contribution in [3.63, 3.8) is 0 Å². The lowest BCUT2D eigenvalue weighted by Crippen LogP contribution is -2.41. The Morgan fingerprint density at radius 1 is 1.40 bits per heavy atom. The Morgan fingerprint density at radius 2 is 2.20 bits per heavy atom. The van der Waals surface area contributed by atoms with Gasteiger partial charge in [0.25, 0.3) is 0 Å². The van der Waals surface area contributed by atoms with Crippen LogP contribution in [0.4, 0.5) is 4.39 Å². The number of hydrogen-bond acceptors (Lipinski definition) is 2. The highest BCUT2D eigenvalue weighted by molar-refractivity contribution is 5.26. The molecule has 0 spiro atoms.